The van der Waals surface area contributed by atoms with E-state index in [0.29, 0.717) is 35.5 Å². The van der Waals surface area contributed by atoms with E-state index in [4.69, 9.17) is 21.1 Å². The smallest absolute Gasteiger partial charge is 0.260 e. The molecule has 140 valence electrons. The summed E-state index contributed by atoms with van der Waals surface area (Å²) in [4.78, 5) is 30.0. The van der Waals surface area contributed by atoms with Gasteiger partial charge in [-0.05, 0) is 30.7 Å². The molecule has 1 aromatic carbocycles. The maximum atomic E-state index is 12.5. The lowest BCUT2D eigenvalue weighted by Crippen LogP contribution is -2.41. The Labute approximate surface area is 160 Å². The van der Waals surface area contributed by atoms with Crippen LogP contribution in [0, 0.1) is 0 Å². The third kappa shape index (κ3) is 6.99. The number of hydrogen-bond acceptors (Lipinski definition) is 6. The van der Waals surface area contributed by atoms with E-state index in [1.807, 2.05) is 0 Å². The number of amides is 2. The van der Waals surface area contributed by atoms with Crippen molar-refractivity contribution in [2.24, 2.45) is 0 Å². The lowest BCUT2D eigenvalue weighted by atomic mass is 10.3. The minimum absolute atomic E-state index is 0.0773. The van der Waals surface area contributed by atoms with E-state index in [2.05, 4.69) is 10.3 Å². The predicted molar refractivity (Wildman–Crippen MR) is 101 cm³/mol. The van der Waals surface area contributed by atoms with E-state index < -0.39 is 0 Å². The number of anilines is 1. The number of aromatic nitrogens is 1. The Bertz CT molecular complexity index is 695. The van der Waals surface area contributed by atoms with Gasteiger partial charge in [-0.3, -0.25) is 9.59 Å². The fourth-order valence-corrected chi connectivity index (χ4v) is 2.75. The average molecular weight is 398 g/mol. The van der Waals surface area contributed by atoms with Crippen molar-refractivity contribution in [2.45, 2.75) is 6.42 Å². The van der Waals surface area contributed by atoms with Gasteiger partial charge in [-0.1, -0.05) is 11.6 Å². The molecule has 0 spiro atoms. The second-order valence-corrected chi connectivity index (χ2v) is 6.62. The number of thiazole rings is 1. The minimum Gasteiger partial charge on any atom is -0.484 e. The largest absolute Gasteiger partial charge is 0.484 e. The van der Waals surface area contributed by atoms with Gasteiger partial charge < -0.3 is 19.7 Å². The van der Waals surface area contributed by atoms with E-state index in [9.17, 15) is 9.59 Å². The first-order valence-electron chi connectivity index (χ1n) is 7.93. The van der Waals surface area contributed by atoms with Gasteiger partial charge in [-0.15, -0.1) is 11.3 Å². The van der Waals surface area contributed by atoms with Gasteiger partial charge in [0.15, 0.2) is 11.7 Å². The van der Waals surface area contributed by atoms with Crippen LogP contribution in [0.2, 0.25) is 5.02 Å². The van der Waals surface area contributed by atoms with Gasteiger partial charge in [0, 0.05) is 36.9 Å². The summed E-state index contributed by atoms with van der Waals surface area (Å²) < 4.78 is 10.5. The summed E-state index contributed by atoms with van der Waals surface area (Å²) in [5, 5.41) is 5.51. The summed E-state index contributed by atoms with van der Waals surface area (Å²) in [7, 11) is 1.59. The van der Waals surface area contributed by atoms with Crippen LogP contribution in [0.4, 0.5) is 5.13 Å². The fourth-order valence-electron chi connectivity index (χ4n) is 2.08. The molecule has 0 fully saturated rings. The summed E-state index contributed by atoms with van der Waals surface area (Å²) >= 11 is 7.13. The second-order valence-electron chi connectivity index (χ2n) is 5.29. The fraction of sp³-hybridized carbons (Fsp3) is 0.353. The highest BCUT2D eigenvalue weighted by Crippen LogP contribution is 2.15. The van der Waals surface area contributed by atoms with E-state index in [-0.39, 0.29) is 25.0 Å². The summed E-state index contributed by atoms with van der Waals surface area (Å²) in [6, 6.07) is 6.72. The van der Waals surface area contributed by atoms with Crippen molar-refractivity contribution < 1.29 is 19.1 Å². The first kappa shape index (κ1) is 20.2. The molecule has 1 heterocycles. The van der Waals surface area contributed by atoms with Gasteiger partial charge in [0.1, 0.15) is 12.3 Å². The Balaban J connectivity index is 1.89. The Morgan fingerprint density at radius 1 is 1.31 bits per heavy atom. The number of ether oxygens (including phenoxy) is 2. The molecule has 2 rings (SSSR count). The van der Waals surface area contributed by atoms with E-state index >= 15 is 0 Å². The van der Waals surface area contributed by atoms with Crippen LogP contribution in [-0.4, -0.2) is 55.1 Å². The van der Waals surface area contributed by atoms with E-state index in [1.165, 1.54) is 16.2 Å². The highest BCUT2D eigenvalue weighted by molar-refractivity contribution is 7.13. The quantitative estimate of drug-likeness (QED) is 0.623. The van der Waals surface area contributed by atoms with Gasteiger partial charge in [0.2, 0.25) is 5.91 Å². The molecular formula is C17H20ClN3O4S. The second kappa shape index (κ2) is 10.7. The first-order valence-corrected chi connectivity index (χ1v) is 9.18. The van der Waals surface area contributed by atoms with Crippen LogP contribution in [0.3, 0.4) is 0 Å². The standard InChI is InChI=1S/C17H20ClN3O4S/c1-24-9-2-8-21(11-15(22)20-17-19-7-10-26-17)16(23)12-25-14-5-3-13(18)4-6-14/h3-7,10H,2,8-9,11-12H2,1H3,(H,19,20,22). The molecule has 7 nitrogen and oxygen atoms in total. The molecule has 0 saturated heterocycles. The van der Waals surface area contributed by atoms with Crippen LogP contribution in [-0.2, 0) is 14.3 Å². The van der Waals surface area contributed by atoms with Crippen LogP contribution in [0.25, 0.3) is 0 Å². The maximum Gasteiger partial charge on any atom is 0.260 e. The Hall–Kier alpha value is -2.16. The SMILES string of the molecule is COCCCN(CC(=O)Nc1nccs1)C(=O)COc1ccc(Cl)cc1. The zero-order valence-corrected chi connectivity index (χ0v) is 15.9. The molecule has 0 bridgehead atoms. The number of carbonyl (C=O) groups is 2. The summed E-state index contributed by atoms with van der Waals surface area (Å²) in [6.07, 6.45) is 2.22. The third-order valence-corrected chi connectivity index (χ3v) is 4.26. The molecule has 0 aliphatic carbocycles. The van der Waals surface area contributed by atoms with Gasteiger partial charge in [0.05, 0.1) is 0 Å². The lowest BCUT2D eigenvalue weighted by molar-refractivity contribution is -0.136. The number of benzene rings is 1. The molecule has 26 heavy (non-hydrogen) atoms. The van der Waals surface area contributed by atoms with Crippen LogP contribution in [0.5, 0.6) is 5.75 Å². The van der Waals surface area contributed by atoms with Crippen LogP contribution >= 0.6 is 22.9 Å². The molecule has 0 aliphatic heterocycles. The van der Waals surface area contributed by atoms with Crippen molar-refractivity contribution in [1.29, 1.82) is 0 Å². The molecule has 0 radical (unpaired) electrons. The third-order valence-electron chi connectivity index (χ3n) is 3.32. The van der Waals surface area contributed by atoms with Crippen molar-refractivity contribution in [1.82, 2.24) is 9.88 Å². The molecule has 0 atom stereocenters. The number of halogens is 1. The number of nitrogens with one attached hydrogen (secondary N) is 1. The maximum absolute atomic E-state index is 12.5. The number of methoxy groups -OCH3 is 1. The molecular weight excluding hydrogens is 378 g/mol. The molecule has 1 aromatic heterocycles. The Morgan fingerprint density at radius 2 is 2.08 bits per heavy atom. The summed E-state index contributed by atoms with van der Waals surface area (Å²) in [5.74, 6) is -0.0608. The van der Waals surface area contributed by atoms with E-state index in [1.54, 1.807) is 43.0 Å². The van der Waals surface area contributed by atoms with Crippen molar-refractivity contribution in [3.8, 4) is 5.75 Å². The minimum atomic E-state index is -0.308. The van der Waals surface area contributed by atoms with Crippen molar-refractivity contribution in [2.75, 3.05) is 38.7 Å². The van der Waals surface area contributed by atoms with E-state index in [0.717, 1.165) is 0 Å². The highest BCUT2D eigenvalue weighted by atomic mass is 35.5. The van der Waals surface area contributed by atoms with Crippen LogP contribution in [0.15, 0.2) is 35.8 Å². The van der Waals surface area contributed by atoms with Gasteiger partial charge in [-0.25, -0.2) is 4.98 Å². The monoisotopic (exact) mass is 397 g/mol. The first-order chi connectivity index (χ1) is 12.6. The number of hydrogen-bond donors (Lipinski definition) is 1. The van der Waals surface area contributed by atoms with Crippen molar-refractivity contribution in [3.63, 3.8) is 0 Å². The molecule has 2 aromatic rings. The molecule has 0 saturated carbocycles. The summed E-state index contributed by atoms with van der Waals surface area (Å²) in [5.41, 5.74) is 0. The topological polar surface area (TPSA) is 80.8 Å². The molecule has 9 heteroatoms. The van der Waals surface area contributed by atoms with Gasteiger partial charge in [0.25, 0.3) is 5.91 Å². The van der Waals surface area contributed by atoms with Gasteiger partial charge in [-0.2, -0.15) is 0 Å². The molecule has 2 amide bonds. The lowest BCUT2D eigenvalue weighted by Gasteiger charge is -2.22. The Morgan fingerprint density at radius 3 is 2.73 bits per heavy atom. The van der Waals surface area contributed by atoms with Crippen molar-refractivity contribution >= 4 is 39.9 Å². The highest BCUT2D eigenvalue weighted by Gasteiger charge is 2.18. The molecule has 0 aliphatic rings. The Kier molecular flexibility index (Phi) is 8.33. The average Bonchev–Trinajstić information content (AvgIpc) is 3.13. The number of carbonyl (C=O) groups excluding carboxylic acids is 2. The van der Waals surface area contributed by atoms with Crippen LogP contribution < -0.4 is 10.1 Å². The van der Waals surface area contributed by atoms with Crippen LogP contribution in [0.1, 0.15) is 6.42 Å². The van der Waals surface area contributed by atoms with Gasteiger partial charge >= 0.3 is 0 Å². The number of nitrogens with zero attached hydrogens (tertiary/aromatic N) is 2. The zero-order valence-electron chi connectivity index (χ0n) is 14.3. The predicted octanol–water partition coefficient (Wildman–Crippen LogP) is 2.68. The zero-order chi connectivity index (χ0) is 18.8. The summed E-state index contributed by atoms with van der Waals surface area (Å²) in [6.45, 7) is 0.642. The molecule has 1 N–H and O–H groups in total. The van der Waals surface area contributed by atoms with Crippen molar-refractivity contribution in [3.05, 3.63) is 40.9 Å². The number of rotatable bonds is 10. The normalized spacial score (nSPS) is 10.4. The molecule has 0 unspecified atom stereocenters.